The van der Waals surface area contributed by atoms with Crippen molar-refractivity contribution in [2.24, 2.45) is 0 Å². The van der Waals surface area contributed by atoms with E-state index in [-0.39, 0.29) is 19.1 Å². The zero-order valence-corrected chi connectivity index (χ0v) is 10.1. The van der Waals surface area contributed by atoms with Crippen LogP contribution in [0.2, 0.25) is 0 Å². The van der Waals surface area contributed by atoms with Crippen molar-refractivity contribution in [3.05, 3.63) is 18.0 Å². The van der Waals surface area contributed by atoms with E-state index in [4.69, 9.17) is 9.84 Å². The molecule has 1 atom stereocenters. The summed E-state index contributed by atoms with van der Waals surface area (Å²) in [6, 6.07) is 1.64. The number of hydrogen-bond acceptors (Lipinski definition) is 4. The van der Waals surface area contributed by atoms with Gasteiger partial charge in [0.15, 0.2) is 6.10 Å². The number of ether oxygens (including phenoxy) is 1. The van der Waals surface area contributed by atoms with Gasteiger partial charge in [0.2, 0.25) is 0 Å². The molecule has 1 aromatic rings. The van der Waals surface area contributed by atoms with E-state index in [1.165, 1.54) is 4.90 Å². The third kappa shape index (κ3) is 2.51. The number of rotatable bonds is 3. The third-order valence-electron chi connectivity index (χ3n) is 2.81. The van der Waals surface area contributed by atoms with Crippen LogP contribution in [0.25, 0.3) is 0 Å². The van der Waals surface area contributed by atoms with Gasteiger partial charge in [-0.3, -0.25) is 9.48 Å². The lowest BCUT2D eigenvalue weighted by atomic mass is 10.2. The maximum Gasteiger partial charge on any atom is 0.334 e. The van der Waals surface area contributed by atoms with E-state index in [1.54, 1.807) is 16.9 Å². The molecule has 1 amide bonds. The number of carboxylic acid groups (broad SMARTS) is 1. The maximum absolute atomic E-state index is 12.1. The second-order valence-corrected chi connectivity index (χ2v) is 4.01. The van der Waals surface area contributed by atoms with E-state index in [2.05, 4.69) is 5.10 Å². The molecular weight excluding hydrogens is 238 g/mol. The molecule has 0 bridgehead atoms. The van der Waals surface area contributed by atoms with E-state index in [0.717, 1.165) is 0 Å². The van der Waals surface area contributed by atoms with Crippen molar-refractivity contribution in [1.82, 2.24) is 14.7 Å². The van der Waals surface area contributed by atoms with Crippen LogP contribution in [-0.4, -0.2) is 57.5 Å². The van der Waals surface area contributed by atoms with Crippen LogP contribution < -0.4 is 0 Å². The maximum atomic E-state index is 12.1. The van der Waals surface area contributed by atoms with Gasteiger partial charge in [-0.2, -0.15) is 5.10 Å². The van der Waals surface area contributed by atoms with E-state index in [0.29, 0.717) is 18.8 Å². The first-order valence-electron chi connectivity index (χ1n) is 5.79. The summed E-state index contributed by atoms with van der Waals surface area (Å²) in [5, 5.41) is 13.0. The van der Waals surface area contributed by atoms with Crippen molar-refractivity contribution < 1.29 is 19.4 Å². The lowest BCUT2D eigenvalue weighted by Crippen LogP contribution is -2.48. The molecule has 0 unspecified atom stereocenters. The number of aliphatic carboxylic acids is 1. The molecular formula is C11H15N3O4. The second-order valence-electron chi connectivity index (χ2n) is 4.01. The Labute approximate surface area is 104 Å². The Hall–Kier alpha value is -1.89. The molecule has 1 N–H and O–H groups in total. The van der Waals surface area contributed by atoms with Gasteiger partial charge in [-0.1, -0.05) is 0 Å². The molecule has 2 rings (SSSR count). The monoisotopic (exact) mass is 253 g/mol. The van der Waals surface area contributed by atoms with E-state index in [9.17, 15) is 9.59 Å². The number of carbonyl (C=O) groups is 2. The molecule has 0 aromatic carbocycles. The number of hydrogen-bond donors (Lipinski definition) is 1. The number of carboxylic acids is 1. The van der Waals surface area contributed by atoms with Gasteiger partial charge in [-0.15, -0.1) is 0 Å². The first-order chi connectivity index (χ1) is 8.61. The minimum Gasteiger partial charge on any atom is -0.479 e. The Morgan fingerprint density at radius 1 is 1.61 bits per heavy atom. The highest BCUT2D eigenvalue weighted by molar-refractivity contribution is 5.92. The second kappa shape index (κ2) is 5.18. The van der Waals surface area contributed by atoms with E-state index in [1.807, 2.05) is 6.92 Å². The summed E-state index contributed by atoms with van der Waals surface area (Å²) < 4.78 is 6.72. The molecule has 7 nitrogen and oxygen atoms in total. The fourth-order valence-electron chi connectivity index (χ4n) is 1.80. The lowest BCUT2D eigenvalue weighted by Gasteiger charge is -2.30. The van der Waals surface area contributed by atoms with Crippen LogP contribution in [0, 0.1) is 0 Å². The van der Waals surface area contributed by atoms with Crippen molar-refractivity contribution in [2.45, 2.75) is 19.6 Å². The summed E-state index contributed by atoms with van der Waals surface area (Å²) in [5.41, 5.74) is 0.336. The van der Waals surface area contributed by atoms with Crippen molar-refractivity contribution in [1.29, 1.82) is 0 Å². The predicted octanol–water partition coefficient (Wildman–Crippen LogP) is -0.171. The van der Waals surface area contributed by atoms with Gasteiger partial charge in [-0.05, 0) is 13.0 Å². The fourth-order valence-corrected chi connectivity index (χ4v) is 1.80. The predicted molar refractivity (Wildman–Crippen MR) is 61.2 cm³/mol. The standard InChI is InChI=1S/C11H15N3O4/c1-2-14-4-3-8(12-14)10(15)13-5-6-18-9(7-13)11(16)17/h3-4,9H,2,5-7H2,1H3,(H,16,17)/t9-/m0/s1. The first kappa shape index (κ1) is 12.6. The molecule has 0 saturated carbocycles. The van der Waals surface area contributed by atoms with Gasteiger partial charge < -0.3 is 14.7 Å². The van der Waals surface area contributed by atoms with Gasteiger partial charge in [0.1, 0.15) is 5.69 Å². The molecule has 1 aliphatic rings. The van der Waals surface area contributed by atoms with Gasteiger partial charge in [-0.25, -0.2) is 4.79 Å². The van der Waals surface area contributed by atoms with Gasteiger partial charge >= 0.3 is 5.97 Å². The number of amides is 1. The van der Waals surface area contributed by atoms with Gasteiger partial charge in [0.05, 0.1) is 13.2 Å². The van der Waals surface area contributed by atoms with Crippen LogP contribution in [-0.2, 0) is 16.1 Å². The molecule has 1 fully saturated rings. The minimum atomic E-state index is -1.05. The van der Waals surface area contributed by atoms with Crippen molar-refractivity contribution in [3.8, 4) is 0 Å². The smallest absolute Gasteiger partial charge is 0.334 e. The average Bonchev–Trinajstić information content (AvgIpc) is 2.86. The minimum absolute atomic E-state index is 0.0627. The van der Waals surface area contributed by atoms with Gasteiger partial charge in [0, 0.05) is 19.3 Å². The summed E-state index contributed by atoms with van der Waals surface area (Å²) in [6.45, 7) is 3.30. The Balaban J connectivity index is 2.06. The van der Waals surface area contributed by atoms with Crippen LogP contribution in [0.4, 0.5) is 0 Å². The largest absolute Gasteiger partial charge is 0.479 e. The summed E-state index contributed by atoms with van der Waals surface area (Å²) in [4.78, 5) is 24.4. The number of morpholine rings is 1. The van der Waals surface area contributed by atoms with Crippen LogP contribution in [0.15, 0.2) is 12.3 Å². The Morgan fingerprint density at radius 2 is 2.39 bits per heavy atom. The topological polar surface area (TPSA) is 84.7 Å². The highest BCUT2D eigenvalue weighted by atomic mass is 16.5. The van der Waals surface area contributed by atoms with Crippen LogP contribution in [0.3, 0.4) is 0 Å². The van der Waals surface area contributed by atoms with Crippen LogP contribution in [0.1, 0.15) is 17.4 Å². The summed E-state index contributed by atoms with van der Waals surface area (Å²) in [5.74, 6) is -1.30. The summed E-state index contributed by atoms with van der Waals surface area (Å²) >= 11 is 0. The van der Waals surface area contributed by atoms with Crippen molar-refractivity contribution in [2.75, 3.05) is 19.7 Å². The normalized spacial score (nSPS) is 19.8. The SMILES string of the molecule is CCn1ccc(C(=O)N2CCO[C@H](C(=O)O)C2)n1. The van der Waals surface area contributed by atoms with E-state index >= 15 is 0 Å². The molecule has 0 spiro atoms. The van der Waals surface area contributed by atoms with Gasteiger partial charge in [0.25, 0.3) is 5.91 Å². The summed E-state index contributed by atoms with van der Waals surface area (Å²) in [6.07, 6.45) is 0.776. The number of carbonyl (C=O) groups excluding carboxylic acids is 1. The van der Waals surface area contributed by atoms with Crippen molar-refractivity contribution in [3.63, 3.8) is 0 Å². The van der Waals surface area contributed by atoms with Crippen LogP contribution in [0.5, 0.6) is 0 Å². The number of aryl methyl sites for hydroxylation is 1. The number of aromatic nitrogens is 2. The Kier molecular flexibility index (Phi) is 3.61. The average molecular weight is 253 g/mol. The number of nitrogens with zero attached hydrogens (tertiary/aromatic N) is 3. The zero-order valence-electron chi connectivity index (χ0n) is 10.1. The van der Waals surface area contributed by atoms with E-state index < -0.39 is 12.1 Å². The highest BCUT2D eigenvalue weighted by Gasteiger charge is 2.30. The molecule has 1 aliphatic heterocycles. The lowest BCUT2D eigenvalue weighted by molar-refractivity contribution is -0.154. The highest BCUT2D eigenvalue weighted by Crippen LogP contribution is 2.09. The quantitative estimate of drug-likeness (QED) is 0.808. The zero-order chi connectivity index (χ0) is 13.1. The molecule has 1 saturated heterocycles. The molecule has 7 heteroatoms. The molecule has 98 valence electrons. The van der Waals surface area contributed by atoms with Crippen molar-refractivity contribution >= 4 is 11.9 Å². The summed E-state index contributed by atoms with van der Waals surface area (Å²) in [7, 11) is 0. The first-order valence-corrected chi connectivity index (χ1v) is 5.79. The molecule has 2 heterocycles. The molecule has 0 aliphatic carbocycles. The molecule has 18 heavy (non-hydrogen) atoms. The Morgan fingerprint density at radius 3 is 3.00 bits per heavy atom. The third-order valence-corrected chi connectivity index (χ3v) is 2.81. The van der Waals surface area contributed by atoms with Crippen LogP contribution >= 0.6 is 0 Å². The molecule has 1 aromatic heterocycles. The Bertz CT molecular complexity index is 457. The fraction of sp³-hybridized carbons (Fsp3) is 0.545. The molecule has 0 radical (unpaired) electrons.